The van der Waals surface area contributed by atoms with Crippen molar-refractivity contribution in [1.82, 2.24) is 15.2 Å². The molecule has 16 heteroatoms. The Morgan fingerprint density at radius 1 is 0.814 bits per heavy atom. The number of methoxy groups -OCH3 is 3. The van der Waals surface area contributed by atoms with Crippen molar-refractivity contribution in [2.45, 2.75) is 47.1 Å². The molecule has 0 saturated carbocycles. The zero-order valence-electron chi connectivity index (χ0n) is 34.4. The normalized spacial score (nSPS) is 10.5. The van der Waals surface area contributed by atoms with Crippen molar-refractivity contribution in [2.75, 3.05) is 41.1 Å². The van der Waals surface area contributed by atoms with Gasteiger partial charge in [-0.15, -0.1) is 0 Å². The van der Waals surface area contributed by atoms with Crippen molar-refractivity contribution in [1.29, 1.82) is 0 Å². The maximum Gasteiger partial charge on any atom is 0.270 e. The van der Waals surface area contributed by atoms with Crippen molar-refractivity contribution in [3.63, 3.8) is 0 Å². The van der Waals surface area contributed by atoms with Gasteiger partial charge >= 0.3 is 0 Å². The fraction of sp³-hybridized carbons (Fsp3) is 0.326. The molecule has 314 valence electrons. The van der Waals surface area contributed by atoms with Gasteiger partial charge in [-0.05, 0) is 80.6 Å². The van der Waals surface area contributed by atoms with Crippen molar-refractivity contribution >= 4 is 22.9 Å². The van der Waals surface area contributed by atoms with Crippen LogP contribution in [0.2, 0.25) is 0 Å². The Kier molecular flexibility index (Phi) is 18.5. The summed E-state index contributed by atoms with van der Waals surface area (Å²) in [5.74, 6) is 5.06. The van der Waals surface area contributed by atoms with Crippen molar-refractivity contribution in [3.05, 3.63) is 133 Å². The number of hydrogen-bond acceptors (Lipinski definition) is 13. The molecule has 0 atom stereocenters. The molecule has 1 heterocycles. The Bertz CT molecular complexity index is 2200. The van der Waals surface area contributed by atoms with E-state index in [1.165, 1.54) is 39.2 Å². The highest BCUT2D eigenvalue weighted by Crippen LogP contribution is 2.35. The average Bonchev–Trinajstić information content (AvgIpc) is 3.49. The molecule has 0 aliphatic heterocycles. The molecule has 0 aliphatic rings. The molecule has 1 aromatic heterocycles. The Hall–Kier alpha value is -6.33. The molecule has 0 aliphatic carbocycles. The first-order valence-electron chi connectivity index (χ1n) is 18.6. The van der Waals surface area contributed by atoms with Crippen LogP contribution in [0.15, 0.2) is 84.9 Å². The number of Topliss-reactive ketones (excluding diaryl/α,β-unsaturated/α-hetero) is 2. The summed E-state index contributed by atoms with van der Waals surface area (Å²) in [6.07, 6.45) is 0.964. The van der Waals surface area contributed by atoms with E-state index in [1.807, 2.05) is 42.8 Å². The van der Waals surface area contributed by atoms with Crippen LogP contribution in [0, 0.1) is 40.0 Å². The Labute approximate surface area is 343 Å². The SMILES string of the molecule is COCCNN.COc1ccc(CC(C(C)=O)C(C)=O)cc1-c1cccc([N+](=O)[O-])c1.COc1ccc(Cc2c(C)nn(CCO)c2C)cc1-c1cccc([N+](=O)[O-])c1. The van der Waals surface area contributed by atoms with E-state index in [1.54, 1.807) is 56.7 Å². The van der Waals surface area contributed by atoms with Gasteiger partial charge in [0.2, 0.25) is 0 Å². The van der Waals surface area contributed by atoms with Crippen molar-refractivity contribution in [2.24, 2.45) is 11.8 Å². The van der Waals surface area contributed by atoms with E-state index in [2.05, 4.69) is 15.3 Å². The van der Waals surface area contributed by atoms with E-state index >= 15 is 0 Å². The lowest BCUT2D eigenvalue weighted by molar-refractivity contribution is -0.385. The number of aromatic nitrogens is 2. The lowest BCUT2D eigenvalue weighted by atomic mass is 9.91. The van der Waals surface area contributed by atoms with Gasteiger partial charge in [0.1, 0.15) is 23.1 Å². The molecule has 4 aromatic carbocycles. The standard InChI is InChI=1S/C21H23N3O4.C19H19NO5.C3H10N2O/c1-14-19(15(2)23(22-14)9-10-25)11-16-7-8-21(28-3)20(12-16)17-5-4-6-18(13-17)24(26)27;1-12(21)17(13(2)22)9-14-7-8-19(25-3)18(10-14)15-5-4-6-16(11-15)20(23)24;1-6-3-2-5-4/h4-8,12-13,25H,9-11H2,1-3H3;4-8,10-11,17H,9H2,1-3H3;5H,2-4H2,1H3. The molecule has 0 amide bonds. The van der Waals surface area contributed by atoms with Crippen LogP contribution in [0.25, 0.3) is 22.3 Å². The first-order chi connectivity index (χ1) is 28.2. The Morgan fingerprint density at radius 3 is 1.75 bits per heavy atom. The molecule has 0 saturated heterocycles. The zero-order valence-corrected chi connectivity index (χ0v) is 34.4. The van der Waals surface area contributed by atoms with Gasteiger partial charge in [0.15, 0.2) is 0 Å². The zero-order chi connectivity index (χ0) is 43.6. The summed E-state index contributed by atoms with van der Waals surface area (Å²) in [5, 5.41) is 35.8. The number of non-ortho nitro benzene ring substituents is 2. The minimum Gasteiger partial charge on any atom is -0.496 e. The highest BCUT2D eigenvalue weighted by Gasteiger charge is 2.21. The van der Waals surface area contributed by atoms with Crippen LogP contribution in [0.1, 0.15) is 41.9 Å². The number of nitro benzene ring substituents is 2. The molecule has 0 spiro atoms. The van der Waals surface area contributed by atoms with Gasteiger partial charge in [-0.25, -0.2) is 0 Å². The maximum atomic E-state index is 11.7. The van der Waals surface area contributed by atoms with E-state index in [0.29, 0.717) is 42.2 Å². The summed E-state index contributed by atoms with van der Waals surface area (Å²) in [4.78, 5) is 44.6. The topological polar surface area (TPSA) is 224 Å². The third-order valence-corrected chi connectivity index (χ3v) is 9.36. The van der Waals surface area contributed by atoms with Gasteiger partial charge in [0.05, 0.1) is 55.4 Å². The number of ketones is 2. The third-order valence-electron chi connectivity index (χ3n) is 9.36. The van der Waals surface area contributed by atoms with Crippen LogP contribution in [0.5, 0.6) is 11.5 Å². The number of nitro groups is 2. The second-order valence-electron chi connectivity index (χ2n) is 13.4. The third kappa shape index (κ3) is 13.4. The van der Waals surface area contributed by atoms with Crippen LogP contribution in [-0.2, 0) is 33.7 Å². The van der Waals surface area contributed by atoms with E-state index in [-0.39, 0.29) is 36.0 Å². The highest BCUT2D eigenvalue weighted by atomic mass is 16.6. The molecule has 0 bridgehead atoms. The molecule has 0 unspecified atom stereocenters. The number of rotatable bonds is 17. The smallest absolute Gasteiger partial charge is 0.270 e. The van der Waals surface area contributed by atoms with Gasteiger partial charge in [0.25, 0.3) is 11.4 Å². The quantitative estimate of drug-likeness (QED) is 0.0306. The number of ether oxygens (including phenoxy) is 3. The summed E-state index contributed by atoms with van der Waals surface area (Å²) >= 11 is 0. The van der Waals surface area contributed by atoms with Crippen LogP contribution in [0.4, 0.5) is 11.4 Å². The van der Waals surface area contributed by atoms with Gasteiger partial charge in [-0.2, -0.15) is 5.10 Å². The van der Waals surface area contributed by atoms with Crippen LogP contribution < -0.4 is 20.7 Å². The number of aliphatic hydroxyl groups excluding tert-OH is 1. The second kappa shape index (κ2) is 23.2. The molecule has 0 fully saturated rings. The van der Waals surface area contributed by atoms with E-state index in [0.717, 1.165) is 45.7 Å². The molecule has 59 heavy (non-hydrogen) atoms. The van der Waals surface area contributed by atoms with Crippen molar-refractivity contribution in [3.8, 4) is 33.8 Å². The Balaban J connectivity index is 0.000000279. The lowest BCUT2D eigenvalue weighted by Crippen LogP contribution is -2.25. The number of carbonyl (C=O) groups excluding carboxylic acids is 2. The fourth-order valence-corrected chi connectivity index (χ4v) is 6.25. The number of nitrogens with two attached hydrogens (primary N) is 1. The van der Waals surface area contributed by atoms with Gasteiger partial charge in [-0.3, -0.25) is 45.8 Å². The summed E-state index contributed by atoms with van der Waals surface area (Å²) in [6, 6.07) is 24.0. The first-order valence-corrected chi connectivity index (χ1v) is 18.6. The maximum absolute atomic E-state index is 11.7. The number of aliphatic hydroxyl groups is 1. The Morgan fingerprint density at radius 2 is 1.32 bits per heavy atom. The molecule has 5 rings (SSSR count). The minimum absolute atomic E-state index is 0.0182. The number of nitrogens with zero attached hydrogens (tertiary/aromatic N) is 4. The number of nitrogens with one attached hydrogen (secondary N) is 1. The van der Waals surface area contributed by atoms with Gasteiger partial charge < -0.3 is 19.3 Å². The monoisotopic (exact) mass is 812 g/mol. The number of aryl methyl sites for hydroxylation is 1. The predicted molar refractivity (Wildman–Crippen MR) is 224 cm³/mol. The molecule has 5 aromatic rings. The van der Waals surface area contributed by atoms with Gasteiger partial charge in [0, 0.05) is 66.7 Å². The molecular weight excluding hydrogens is 761 g/mol. The predicted octanol–water partition coefficient (Wildman–Crippen LogP) is 6.37. The molecule has 4 N–H and O–H groups in total. The number of carbonyl (C=O) groups is 2. The fourth-order valence-electron chi connectivity index (χ4n) is 6.25. The molecule has 0 radical (unpaired) electrons. The number of benzene rings is 4. The van der Waals surface area contributed by atoms with Crippen molar-refractivity contribution < 1.29 is 38.8 Å². The summed E-state index contributed by atoms with van der Waals surface area (Å²) < 4.78 is 17.3. The highest BCUT2D eigenvalue weighted by molar-refractivity contribution is 6.00. The summed E-state index contributed by atoms with van der Waals surface area (Å²) in [6.45, 7) is 8.66. The minimum atomic E-state index is -0.689. The van der Waals surface area contributed by atoms with Gasteiger partial charge in [-0.1, -0.05) is 36.4 Å². The number of hydrazine groups is 1. The van der Waals surface area contributed by atoms with E-state index in [9.17, 15) is 34.9 Å². The van der Waals surface area contributed by atoms with E-state index < -0.39 is 15.8 Å². The largest absolute Gasteiger partial charge is 0.496 e. The van der Waals surface area contributed by atoms with Crippen LogP contribution in [0.3, 0.4) is 0 Å². The number of hydrogen-bond donors (Lipinski definition) is 3. The summed E-state index contributed by atoms with van der Waals surface area (Å²) in [7, 11) is 4.74. The lowest BCUT2D eigenvalue weighted by Gasteiger charge is -2.14. The second-order valence-corrected chi connectivity index (χ2v) is 13.4. The molecular formula is C43H52N6O10. The van der Waals surface area contributed by atoms with Crippen LogP contribution >= 0.6 is 0 Å². The van der Waals surface area contributed by atoms with Crippen LogP contribution in [-0.4, -0.2) is 77.4 Å². The molecule has 16 nitrogen and oxygen atoms in total. The first kappa shape index (κ1) is 47.0. The summed E-state index contributed by atoms with van der Waals surface area (Å²) in [5.41, 5.74) is 10.2. The average molecular weight is 813 g/mol. The van der Waals surface area contributed by atoms with E-state index in [4.69, 9.17) is 15.3 Å².